The number of hydrogen-bond donors (Lipinski definition) is 2. The molecule has 1 aromatic heterocycles. The Labute approximate surface area is 99.6 Å². The molecule has 0 fully saturated rings. The van der Waals surface area contributed by atoms with E-state index in [1.165, 1.54) is 4.68 Å². The number of aromatic nitrogens is 2. The van der Waals surface area contributed by atoms with Crippen LogP contribution in [0.25, 0.3) is 0 Å². The molecule has 1 rings (SSSR count). The van der Waals surface area contributed by atoms with Gasteiger partial charge in [-0.25, -0.2) is 0 Å². The van der Waals surface area contributed by atoms with Crippen molar-refractivity contribution in [1.29, 1.82) is 0 Å². The van der Waals surface area contributed by atoms with Gasteiger partial charge in [-0.15, -0.1) is 0 Å². The Balaban J connectivity index is 2.70. The number of amides is 1. The zero-order chi connectivity index (χ0) is 13.0. The minimum atomic E-state index is -0.918. The van der Waals surface area contributed by atoms with E-state index in [4.69, 9.17) is 5.11 Å². The van der Waals surface area contributed by atoms with Crippen molar-refractivity contribution in [1.82, 2.24) is 15.1 Å². The van der Waals surface area contributed by atoms with Crippen molar-refractivity contribution in [3.63, 3.8) is 0 Å². The molecule has 1 unspecified atom stereocenters. The van der Waals surface area contributed by atoms with Crippen molar-refractivity contribution >= 4 is 11.9 Å². The Morgan fingerprint density at radius 2 is 2.24 bits per heavy atom. The topological polar surface area (TPSA) is 84.2 Å². The lowest BCUT2D eigenvalue weighted by molar-refractivity contribution is -0.137. The number of carbonyl (C=O) groups is 2. The number of carboxylic acid groups (broad SMARTS) is 1. The molecule has 0 aliphatic carbocycles. The van der Waals surface area contributed by atoms with E-state index in [9.17, 15) is 9.59 Å². The van der Waals surface area contributed by atoms with Gasteiger partial charge in [0.1, 0.15) is 5.69 Å². The van der Waals surface area contributed by atoms with Crippen LogP contribution in [-0.2, 0) is 11.8 Å². The smallest absolute Gasteiger partial charge is 0.305 e. The summed E-state index contributed by atoms with van der Waals surface area (Å²) in [6.07, 6.45) is 0.508. The molecule has 94 valence electrons. The third kappa shape index (κ3) is 3.58. The Morgan fingerprint density at radius 3 is 2.65 bits per heavy atom. The molecule has 0 spiro atoms. The molecular weight excluding hydrogens is 222 g/mol. The van der Waals surface area contributed by atoms with Crippen LogP contribution in [0.15, 0.2) is 6.07 Å². The number of rotatable bonds is 5. The summed E-state index contributed by atoms with van der Waals surface area (Å²) in [4.78, 5) is 22.5. The van der Waals surface area contributed by atoms with Crippen LogP contribution in [0.2, 0.25) is 0 Å². The van der Waals surface area contributed by atoms with E-state index >= 15 is 0 Å². The van der Waals surface area contributed by atoms with Gasteiger partial charge in [0.2, 0.25) is 0 Å². The molecular formula is C11H17N3O3. The van der Waals surface area contributed by atoms with Gasteiger partial charge in [-0.3, -0.25) is 14.3 Å². The molecule has 0 radical (unpaired) electrons. The Morgan fingerprint density at radius 1 is 1.59 bits per heavy atom. The highest BCUT2D eigenvalue weighted by molar-refractivity contribution is 5.93. The summed E-state index contributed by atoms with van der Waals surface area (Å²) in [5.74, 6) is -1.21. The second kappa shape index (κ2) is 5.47. The highest BCUT2D eigenvalue weighted by atomic mass is 16.4. The maximum Gasteiger partial charge on any atom is 0.305 e. The number of nitrogens with one attached hydrogen (secondary N) is 1. The van der Waals surface area contributed by atoms with Crippen LogP contribution in [0.3, 0.4) is 0 Å². The largest absolute Gasteiger partial charge is 0.481 e. The van der Waals surface area contributed by atoms with Crippen molar-refractivity contribution in [2.24, 2.45) is 7.05 Å². The number of aryl methyl sites for hydroxylation is 2. The van der Waals surface area contributed by atoms with E-state index in [0.717, 1.165) is 5.69 Å². The minimum absolute atomic E-state index is 0.0704. The second-order valence-electron chi connectivity index (χ2n) is 3.97. The van der Waals surface area contributed by atoms with Gasteiger partial charge >= 0.3 is 5.97 Å². The van der Waals surface area contributed by atoms with Gasteiger partial charge in [-0.2, -0.15) is 5.10 Å². The third-order valence-electron chi connectivity index (χ3n) is 2.48. The van der Waals surface area contributed by atoms with Gasteiger partial charge < -0.3 is 10.4 Å². The van der Waals surface area contributed by atoms with Gasteiger partial charge in [0, 0.05) is 13.1 Å². The van der Waals surface area contributed by atoms with E-state index in [1.807, 2.05) is 6.92 Å². The first-order valence-electron chi connectivity index (χ1n) is 5.47. The number of aliphatic carboxylic acids is 1. The fourth-order valence-corrected chi connectivity index (χ4v) is 1.59. The molecule has 6 heteroatoms. The highest BCUT2D eigenvalue weighted by Crippen LogP contribution is 2.04. The van der Waals surface area contributed by atoms with Crippen LogP contribution in [0.4, 0.5) is 0 Å². The molecule has 0 bridgehead atoms. The van der Waals surface area contributed by atoms with Crippen molar-refractivity contribution < 1.29 is 14.7 Å². The van der Waals surface area contributed by atoms with E-state index in [0.29, 0.717) is 12.1 Å². The predicted octanol–water partition coefficient (Wildman–Crippen LogP) is 0.712. The average molecular weight is 239 g/mol. The third-order valence-corrected chi connectivity index (χ3v) is 2.48. The summed E-state index contributed by atoms with van der Waals surface area (Å²) in [5, 5.41) is 15.4. The van der Waals surface area contributed by atoms with Crippen LogP contribution >= 0.6 is 0 Å². The van der Waals surface area contributed by atoms with Gasteiger partial charge in [-0.1, -0.05) is 6.92 Å². The van der Waals surface area contributed by atoms with Gasteiger partial charge in [0.05, 0.1) is 12.1 Å². The number of hydrogen-bond acceptors (Lipinski definition) is 3. The summed E-state index contributed by atoms with van der Waals surface area (Å²) in [5.41, 5.74) is 1.19. The van der Waals surface area contributed by atoms with Crippen LogP contribution in [0, 0.1) is 6.92 Å². The lowest BCUT2D eigenvalue weighted by atomic mass is 10.1. The summed E-state index contributed by atoms with van der Waals surface area (Å²) in [6.45, 7) is 3.63. The van der Waals surface area contributed by atoms with Crippen LogP contribution in [-0.4, -0.2) is 32.8 Å². The molecule has 0 saturated heterocycles. The molecule has 17 heavy (non-hydrogen) atoms. The van der Waals surface area contributed by atoms with Gasteiger partial charge in [0.15, 0.2) is 0 Å². The van der Waals surface area contributed by atoms with E-state index in [-0.39, 0.29) is 18.4 Å². The molecule has 1 heterocycles. The fraction of sp³-hybridized carbons (Fsp3) is 0.545. The van der Waals surface area contributed by atoms with Crippen molar-refractivity contribution in [3.8, 4) is 0 Å². The van der Waals surface area contributed by atoms with Crippen LogP contribution in [0.5, 0.6) is 0 Å². The Hall–Kier alpha value is -1.85. The van der Waals surface area contributed by atoms with E-state index < -0.39 is 5.97 Å². The fourth-order valence-electron chi connectivity index (χ4n) is 1.59. The monoisotopic (exact) mass is 239 g/mol. The zero-order valence-corrected chi connectivity index (χ0v) is 10.2. The van der Waals surface area contributed by atoms with Crippen LogP contribution in [0.1, 0.15) is 35.9 Å². The second-order valence-corrected chi connectivity index (χ2v) is 3.97. The summed E-state index contributed by atoms with van der Waals surface area (Å²) < 4.78 is 1.48. The molecule has 1 atom stereocenters. The van der Waals surface area contributed by atoms with Crippen molar-refractivity contribution in [3.05, 3.63) is 17.5 Å². The summed E-state index contributed by atoms with van der Waals surface area (Å²) in [7, 11) is 1.68. The number of nitrogens with zero attached hydrogens (tertiary/aromatic N) is 2. The molecule has 0 aliphatic rings. The van der Waals surface area contributed by atoms with Crippen molar-refractivity contribution in [2.45, 2.75) is 32.7 Å². The Kier molecular flexibility index (Phi) is 4.25. The highest BCUT2D eigenvalue weighted by Gasteiger charge is 2.17. The quantitative estimate of drug-likeness (QED) is 0.792. The molecule has 2 N–H and O–H groups in total. The SMILES string of the molecule is CCC(CC(=O)O)NC(=O)c1cc(C)nn1C. The first kappa shape index (κ1) is 13.2. The summed E-state index contributed by atoms with van der Waals surface area (Å²) >= 11 is 0. The zero-order valence-electron chi connectivity index (χ0n) is 10.2. The minimum Gasteiger partial charge on any atom is -0.481 e. The maximum atomic E-state index is 11.9. The molecule has 0 aliphatic heterocycles. The standard InChI is InChI=1S/C11H17N3O3/c1-4-8(6-10(15)16)12-11(17)9-5-7(2)13-14(9)3/h5,8H,4,6H2,1-3H3,(H,12,17)(H,15,16). The predicted molar refractivity (Wildman–Crippen MR) is 61.7 cm³/mol. The number of carbonyl (C=O) groups excluding carboxylic acids is 1. The molecule has 1 amide bonds. The van der Waals surface area contributed by atoms with E-state index in [2.05, 4.69) is 10.4 Å². The van der Waals surface area contributed by atoms with Crippen LogP contribution < -0.4 is 5.32 Å². The lowest BCUT2D eigenvalue weighted by Crippen LogP contribution is -2.36. The van der Waals surface area contributed by atoms with E-state index in [1.54, 1.807) is 20.0 Å². The molecule has 0 saturated carbocycles. The average Bonchev–Trinajstić information content (AvgIpc) is 2.56. The molecule has 0 aromatic carbocycles. The van der Waals surface area contributed by atoms with Gasteiger partial charge in [-0.05, 0) is 19.4 Å². The first-order chi connectivity index (χ1) is 7.93. The van der Waals surface area contributed by atoms with Gasteiger partial charge in [0.25, 0.3) is 5.91 Å². The lowest BCUT2D eigenvalue weighted by Gasteiger charge is -2.14. The first-order valence-corrected chi connectivity index (χ1v) is 5.47. The molecule has 1 aromatic rings. The maximum absolute atomic E-state index is 11.9. The van der Waals surface area contributed by atoms with Crippen molar-refractivity contribution in [2.75, 3.05) is 0 Å². The molecule has 6 nitrogen and oxygen atoms in total. The normalized spacial score (nSPS) is 12.2. The number of carboxylic acids is 1. The summed E-state index contributed by atoms with van der Waals surface area (Å²) in [6, 6.07) is 1.32. The Bertz CT molecular complexity index is 426.